The fraction of sp³-hybridized carbons (Fsp3) is 0.484. The van der Waals surface area contributed by atoms with Gasteiger partial charge in [-0.25, -0.2) is 13.2 Å². The molecule has 1 heterocycles. The molecule has 0 N–H and O–H groups in total. The van der Waals surface area contributed by atoms with E-state index >= 15 is 4.39 Å². The normalized spacial score (nSPS) is 17.7. The predicted octanol–water partition coefficient (Wildman–Crippen LogP) is 8.38. The van der Waals surface area contributed by atoms with Crippen LogP contribution in [0.15, 0.2) is 42.5 Å². The van der Waals surface area contributed by atoms with Gasteiger partial charge in [-0.1, -0.05) is 56.9 Å². The molecule has 10 heteroatoms. The molecule has 0 bridgehead atoms. The molecule has 41 heavy (non-hydrogen) atoms. The lowest BCUT2D eigenvalue weighted by atomic mass is 9.98. The minimum Gasteiger partial charge on any atom is -0.478 e. The third-order valence-corrected chi connectivity index (χ3v) is 6.92. The number of hydrogen-bond acceptors (Lipinski definition) is 4. The number of halogens is 6. The molecule has 0 aliphatic carbocycles. The molecule has 0 spiro atoms. The van der Waals surface area contributed by atoms with Gasteiger partial charge >= 0.3 is 6.18 Å². The topological polar surface area (TPSA) is 36.9 Å². The van der Waals surface area contributed by atoms with Crippen LogP contribution in [0.25, 0.3) is 10.8 Å². The van der Waals surface area contributed by atoms with Crippen molar-refractivity contribution < 1.29 is 45.3 Å². The molecule has 1 saturated heterocycles. The van der Waals surface area contributed by atoms with E-state index in [4.69, 9.17) is 14.2 Å². The van der Waals surface area contributed by atoms with Gasteiger partial charge in [0.25, 0.3) is 0 Å². The average molecular weight is 585 g/mol. The first-order valence-corrected chi connectivity index (χ1v) is 13.9. The molecule has 1 fully saturated rings. The Balaban J connectivity index is 1.32. The molecule has 0 amide bonds. The fourth-order valence-electron chi connectivity index (χ4n) is 4.75. The zero-order valence-electron chi connectivity index (χ0n) is 22.9. The van der Waals surface area contributed by atoms with E-state index in [1.807, 2.05) is 0 Å². The molecule has 3 aromatic carbocycles. The summed E-state index contributed by atoms with van der Waals surface area (Å²) in [5, 5.41) is 1.02. The molecule has 224 valence electrons. The van der Waals surface area contributed by atoms with Crippen molar-refractivity contribution in [3.63, 3.8) is 0 Å². The van der Waals surface area contributed by atoms with Crippen LogP contribution in [0.3, 0.4) is 0 Å². The Morgan fingerprint density at radius 1 is 0.854 bits per heavy atom. The summed E-state index contributed by atoms with van der Waals surface area (Å²) in [7, 11) is 0. The Labute approximate surface area is 235 Å². The summed E-state index contributed by atoms with van der Waals surface area (Å²) in [6.07, 6.45) is 0.569. The number of aryl methyl sites for hydroxylation is 2. The highest BCUT2D eigenvalue weighted by Gasteiger charge is 2.30. The maximum Gasteiger partial charge on any atom is 0.422 e. The maximum absolute atomic E-state index is 15.3. The van der Waals surface area contributed by atoms with Gasteiger partial charge in [-0.05, 0) is 54.0 Å². The first kappa shape index (κ1) is 31.1. The smallest absolute Gasteiger partial charge is 0.422 e. The van der Waals surface area contributed by atoms with E-state index in [1.54, 1.807) is 30.3 Å². The minimum absolute atomic E-state index is 0.0691. The van der Waals surface area contributed by atoms with Gasteiger partial charge in [0, 0.05) is 17.6 Å². The minimum atomic E-state index is -4.73. The molecule has 4 nitrogen and oxygen atoms in total. The molecule has 0 atom stereocenters. The second-order valence-corrected chi connectivity index (χ2v) is 10.2. The summed E-state index contributed by atoms with van der Waals surface area (Å²) in [6.45, 7) is 1.86. The van der Waals surface area contributed by atoms with Crippen LogP contribution >= 0.6 is 0 Å². The number of benzene rings is 3. The fourth-order valence-corrected chi connectivity index (χ4v) is 4.75. The third kappa shape index (κ3) is 8.83. The molecule has 1 aliphatic rings. The third-order valence-electron chi connectivity index (χ3n) is 6.92. The highest BCUT2D eigenvalue weighted by molar-refractivity contribution is 5.84. The monoisotopic (exact) mass is 584 g/mol. The van der Waals surface area contributed by atoms with Gasteiger partial charge < -0.3 is 18.9 Å². The standard InChI is InChI=1S/C31H34F6O4/c1-2-3-4-5-6-13-38-24-17-39-30(40-18-24)23-11-12-25-22(16-23)10-9-21(28(25)34)8-7-20-14-26(32)29(27(33)15-20)41-19-31(35,36)37/h9-12,14-16,24,30H,2-8,13,17-19H2,1H3. The van der Waals surface area contributed by atoms with Crippen molar-refractivity contribution in [3.05, 3.63) is 76.6 Å². The van der Waals surface area contributed by atoms with E-state index in [2.05, 4.69) is 11.7 Å². The van der Waals surface area contributed by atoms with Crippen LogP contribution < -0.4 is 4.74 Å². The van der Waals surface area contributed by atoms with Crippen LogP contribution in [-0.2, 0) is 27.1 Å². The Morgan fingerprint density at radius 3 is 2.24 bits per heavy atom. The lowest BCUT2D eigenvalue weighted by Crippen LogP contribution is -2.33. The average Bonchev–Trinajstić information content (AvgIpc) is 2.93. The molecule has 1 aliphatic heterocycles. The van der Waals surface area contributed by atoms with E-state index in [-0.39, 0.29) is 24.5 Å². The zero-order valence-corrected chi connectivity index (χ0v) is 22.9. The second kappa shape index (κ2) is 14.4. The quantitative estimate of drug-likeness (QED) is 0.149. The van der Waals surface area contributed by atoms with Crippen LogP contribution in [0.5, 0.6) is 5.75 Å². The van der Waals surface area contributed by atoms with Gasteiger partial charge in [0.2, 0.25) is 0 Å². The first-order chi connectivity index (χ1) is 19.6. The van der Waals surface area contributed by atoms with Crippen molar-refractivity contribution in [3.8, 4) is 5.75 Å². The Kier molecular flexibility index (Phi) is 10.9. The number of ether oxygens (including phenoxy) is 4. The van der Waals surface area contributed by atoms with Gasteiger partial charge in [0.15, 0.2) is 30.3 Å². The Bertz CT molecular complexity index is 1260. The van der Waals surface area contributed by atoms with Crippen LogP contribution in [-0.4, -0.2) is 38.7 Å². The molecule has 0 aromatic heterocycles. The Morgan fingerprint density at radius 2 is 1.56 bits per heavy atom. The lowest BCUT2D eigenvalue weighted by molar-refractivity contribution is -0.230. The number of rotatable bonds is 13. The van der Waals surface area contributed by atoms with Crippen LogP contribution in [0, 0.1) is 17.5 Å². The molecule has 3 aromatic rings. The van der Waals surface area contributed by atoms with Crippen molar-refractivity contribution in [2.24, 2.45) is 0 Å². The van der Waals surface area contributed by atoms with Gasteiger partial charge in [-0.2, -0.15) is 13.2 Å². The predicted molar refractivity (Wildman–Crippen MR) is 142 cm³/mol. The molecular weight excluding hydrogens is 550 g/mol. The van der Waals surface area contributed by atoms with Crippen molar-refractivity contribution in [1.29, 1.82) is 0 Å². The maximum atomic E-state index is 15.3. The van der Waals surface area contributed by atoms with Crippen molar-refractivity contribution in [2.45, 2.75) is 70.4 Å². The largest absolute Gasteiger partial charge is 0.478 e. The summed E-state index contributed by atoms with van der Waals surface area (Å²) in [5.74, 6) is -4.05. The zero-order chi connectivity index (χ0) is 29.4. The highest BCUT2D eigenvalue weighted by atomic mass is 19.4. The number of unbranched alkanes of at least 4 members (excludes halogenated alkanes) is 4. The number of alkyl halides is 3. The van der Waals surface area contributed by atoms with Crippen molar-refractivity contribution in [2.75, 3.05) is 26.4 Å². The molecule has 0 unspecified atom stereocenters. The van der Waals surface area contributed by atoms with Crippen LogP contribution in [0.2, 0.25) is 0 Å². The molecular formula is C31H34F6O4. The van der Waals surface area contributed by atoms with E-state index in [1.165, 1.54) is 19.3 Å². The lowest BCUT2D eigenvalue weighted by Gasteiger charge is -2.29. The summed E-state index contributed by atoms with van der Waals surface area (Å²) in [6, 6.07) is 10.3. The van der Waals surface area contributed by atoms with Crippen LogP contribution in [0.4, 0.5) is 26.3 Å². The SMILES string of the molecule is CCCCCCCOC1COC(c2ccc3c(F)c(CCc4cc(F)c(OCC(F)(F)F)c(F)c4)ccc3c2)OC1. The Hall–Kier alpha value is -2.82. The van der Waals surface area contributed by atoms with Crippen molar-refractivity contribution >= 4 is 10.8 Å². The summed E-state index contributed by atoms with van der Waals surface area (Å²) in [5.41, 5.74) is 1.25. The summed E-state index contributed by atoms with van der Waals surface area (Å²) in [4.78, 5) is 0. The van der Waals surface area contributed by atoms with E-state index in [0.29, 0.717) is 36.2 Å². The van der Waals surface area contributed by atoms with E-state index in [0.717, 1.165) is 30.5 Å². The van der Waals surface area contributed by atoms with E-state index < -0.39 is 42.3 Å². The molecule has 0 saturated carbocycles. The molecule has 0 radical (unpaired) electrons. The summed E-state index contributed by atoms with van der Waals surface area (Å²) < 4.78 is 102. The van der Waals surface area contributed by atoms with E-state index in [9.17, 15) is 22.0 Å². The van der Waals surface area contributed by atoms with Crippen molar-refractivity contribution in [1.82, 2.24) is 0 Å². The highest BCUT2D eigenvalue weighted by Crippen LogP contribution is 2.30. The summed E-state index contributed by atoms with van der Waals surface area (Å²) >= 11 is 0. The van der Waals surface area contributed by atoms with Gasteiger partial charge in [0.1, 0.15) is 11.9 Å². The molecule has 4 rings (SSSR count). The second-order valence-electron chi connectivity index (χ2n) is 10.2. The van der Waals surface area contributed by atoms with Crippen LogP contribution in [0.1, 0.15) is 62.0 Å². The van der Waals surface area contributed by atoms with Gasteiger partial charge in [0.05, 0.1) is 13.2 Å². The van der Waals surface area contributed by atoms with Gasteiger partial charge in [-0.15, -0.1) is 0 Å². The number of fused-ring (bicyclic) bond motifs is 1. The van der Waals surface area contributed by atoms with Gasteiger partial charge in [-0.3, -0.25) is 0 Å². The number of hydrogen-bond donors (Lipinski definition) is 0. The first-order valence-electron chi connectivity index (χ1n) is 13.9.